The Kier molecular flexibility index (Phi) is 8.37. The summed E-state index contributed by atoms with van der Waals surface area (Å²) in [5.74, 6) is -0.0133. The Bertz CT molecular complexity index is 267. The van der Waals surface area contributed by atoms with Crippen LogP contribution in [0.3, 0.4) is 0 Å². The van der Waals surface area contributed by atoms with Crippen molar-refractivity contribution in [2.24, 2.45) is 0 Å². The second kappa shape index (κ2) is 8.91. The highest BCUT2D eigenvalue weighted by atomic mass is 16.2. The molecule has 0 saturated heterocycles. The van der Waals surface area contributed by atoms with Gasteiger partial charge in [0.2, 0.25) is 11.8 Å². The van der Waals surface area contributed by atoms with E-state index < -0.39 is 0 Å². The van der Waals surface area contributed by atoms with Crippen LogP contribution in [0.4, 0.5) is 0 Å². The van der Waals surface area contributed by atoms with E-state index in [2.05, 4.69) is 16.0 Å². The lowest BCUT2D eigenvalue weighted by Crippen LogP contribution is -2.46. The maximum Gasteiger partial charge on any atom is 0.237 e. The molecule has 5 heteroatoms. The molecule has 0 bridgehead atoms. The van der Waals surface area contributed by atoms with E-state index in [4.69, 9.17) is 0 Å². The summed E-state index contributed by atoms with van der Waals surface area (Å²) in [6.07, 6.45) is 1.30. The van der Waals surface area contributed by atoms with Gasteiger partial charge in [-0.15, -0.1) is 0 Å². The summed E-state index contributed by atoms with van der Waals surface area (Å²) in [5.41, 5.74) is 0. The van der Waals surface area contributed by atoms with Gasteiger partial charge in [0.15, 0.2) is 0 Å². The minimum Gasteiger partial charge on any atom is -0.354 e. The van der Waals surface area contributed by atoms with Crippen molar-refractivity contribution >= 4 is 11.8 Å². The van der Waals surface area contributed by atoms with Crippen molar-refractivity contribution in [3.8, 4) is 0 Å². The third-order valence-electron chi connectivity index (χ3n) is 2.65. The fourth-order valence-electron chi connectivity index (χ4n) is 1.36. The molecular formula is C13H27N3O2. The number of rotatable bonds is 8. The first-order valence-electron chi connectivity index (χ1n) is 6.69. The van der Waals surface area contributed by atoms with Gasteiger partial charge in [0.25, 0.3) is 0 Å². The van der Waals surface area contributed by atoms with Gasteiger partial charge in [0.1, 0.15) is 0 Å². The van der Waals surface area contributed by atoms with Gasteiger partial charge in [0.05, 0.1) is 6.04 Å². The highest BCUT2D eigenvalue weighted by molar-refractivity contribution is 5.81. The number of nitrogens with one attached hydrogen (secondary N) is 3. The summed E-state index contributed by atoms with van der Waals surface area (Å²) in [5, 5.41) is 8.75. The minimum atomic E-state index is -0.272. The first-order chi connectivity index (χ1) is 8.36. The average molecular weight is 257 g/mol. The average Bonchev–Trinajstić information content (AvgIpc) is 2.27. The van der Waals surface area contributed by atoms with Crippen LogP contribution < -0.4 is 16.0 Å². The molecule has 3 N–H and O–H groups in total. The number of hydrogen-bond acceptors (Lipinski definition) is 3. The van der Waals surface area contributed by atoms with Gasteiger partial charge in [-0.25, -0.2) is 0 Å². The molecular weight excluding hydrogens is 230 g/mol. The molecule has 0 aromatic carbocycles. The molecule has 0 heterocycles. The van der Waals surface area contributed by atoms with E-state index in [0.717, 1.165) is 6.42 Å². The molecule has 2 unspecified atom stereocenters. The van der Waals surface area contributed by atoms with E-state index in [1.165, 1.54) is 0 Å². The zero-order valence-electron chi connectivity index (χ0n) is 12.2. The maximum atomic E-state index is 11.7. The third-order valence-corrected chi connectivity index (χ3v) is 2.65. The second-order valence-corrected chi connectivity index (χ2v) is 4.97. The first kappa shape index (κ1) is 16.9. The Labute approximate surface area is 110 Å². The summed E-state index contributed by atoms with van der Waals surface area (Å²) in [7, 11) is 0. The summed E-state index contributed by atoms with van der Waals surface area (Å²) in [6.45, 7) is 10.2. The lowest BCUT2D eigenvalue weighted by Gasteiger charge is -2.17. The Morgan fingerprint density at radius 2 is 1.67 bits per heavy atom. The number of carbonyl (C=O) groups excluding carboxylic acids is 2. The largest absolute Gasteiger partial charge is 0.354 e. The van der Waals surface area contributed by atoms with Crippen LogP contribution in [0, 0.1) is 0 Å². The fourth-order valence-corrected chi connectivity index (χ4v) is 1.36. The quantitative estimate of drug-likeness (QED) is 0.602. The van der Waals surface area contributed by atoms with Crippen LogP contribution in [-0.2, 0) is 9.59 Å². The van der Waals surface area contributed by atoms with Gasteiger partial charge < -0.3 is 16.0 Å². The van der Waals surface area contributed by atoms with E-state index in [0.29, 0.717) is 13.0 Å². The van der Waals surface area contributed by atoms with Gasteiger partial charge in [-0.2, -0.15) is 0 Å². The molecule has 0 rings (SSSR count). The van der Waals surface area contributed by atoms with Crippen LogP contribution in [0.25, 0.3) is 0 Å². The predicted molar refractivity (Wildman–Crippen MR) is 73.3 cm³/mol. The lowest BCUT2D eigenvalue weighted by atomic mass is 10.2. The molecule has 0 aliphatic rings. The normalized spacial score (nSPS) is 14.1. The van der Waals surface area contributed by atoms with Crippen LogP contribution in [0.5, 0.6) is 0 Å². The molecule has 5 nitrogen and oxygen atoms in total. The third kappa shape index (κ3) is 8.06. The summed E-state index contributed by atoms with van der Waals surface area (Å²) in [6, 6.07) is 0.0699. The summed E-state index contributed by atoms with van der Waals surface area (Å²) < 4.78 is 0. The highest BCUT2D eigenvalue weighted by Gasteiger charge is 2.14. The maximum absolute atomic E-state index is 11.7. The fraction of sp³-hybridized carbons (Fsp3) is 0.846. The number of amides is 2. The zero-order chi connectivity index (χ0) is 14.1. The van der Waals surface area contributed by atoms with E-state index in [1.807, 2.05) is 27.7 Å². The minimum absolute atomic E-state index is 0.00651. The molecule has 106 valence electrons. The second-order valence-electron chi connectivity index (χ2n) is 4.97. The van der Waals surface area contributed by atoms with Crippen molar-refractivity contribution in [1.82, 2.24) is 16.0 Å². The predicted octanol–water partition coefficient (Wildman–Crippen LogP) is 0.794. The van der Waals surface area contributed by atoms with Crippen molar-refractivity contribution in [2.75, 3.05) is 6.54 Å². The van der Waals surface area contributed by atoms with Gasteiger partial charge in [0, 0.05) is 25.0 Å². The Morgan fingerprint density at radius 3 is 2.17 bits per heavy atom. The van der Waals surface area contributed by atoms with Crippen LogP contribution in [0.15, 0.2) is 0 Å². The van der Waals surface area contributed by atoms with Gasteiger partial charge in [-0.3, -0.25) is 9.59 Å². The smallest absolute Gasteiger partial charge is 0.237 e. The molecule has 0 spiro atoms. The molecule has 2 amide bonds. The molecule has 0 fully saturated rings. The van der Waals surface area contributed by atoms with Gasteiger partial charge >= 0.3 is 0 Å². The number of carbonyl (C=O) groups is 2. The van der Waals surface area contributed by atoms with Crippen LogP contribution >= 0.6 is 0 Å². The standard InChI is InChI=1S/C13H27N3O2/c1-6-10(4)16-13(18)11(5)14-8-7-12(17)15-9(2)3/h9-11,14H,6-8H2,1-5H3,(H,15,17)(H,16,18). The molecule has 18 heavy (non-hydrogen) atoms. The van der Waals surface area contributed by atoms with E-state index >= 15 is 0 Å². The summed E-state index contributed by atoms with van der Waals surface area (Å²) in [4.78, 5) is 23.1. The number of hydrogen-bond donors (Lipinski definition) is 3. The SMILES string of the molecule is CCC(C)NC(=O)C(C)NCCC(=O)NC(C)C. The lowest BCUT2D eigenvalue weighted by molar-refractivity contribution is -0.124. The molecule has 0 aromatic rings. The highest BCUT2D eigenvalue weighted by Crippen LogP contribution is 1.91. The zero-order valence-corrected chi connectivity index (χ0v) is 12.2. The van der Waals surface area contributed by atoms with Crippen LogP contribution in [0.2, 0.25) is 0 Å². The van der Waals surface area contributed by atoms with E-state index in [1.54, 1.807) is 6.92 Å². The Hall–Kier alpha value is -1.10. The van der Waals surface area contributed by atoms with Crippen molar-refractivity contribution < 1.29 is 9.59 Å². The molecule has 2 atom stereocenters. The van der Waals surface area contributed by atoms with Crippen molar-refractivity contribution in [3.63, 3.8) is 0 Å². The molecule has 0 radical (unpaired) electrons. The van der Waals surface area contributed by atoms with E-state index in [9.17, 15) is 9.59 Å². The van der Waals surface area contributed by atoms with Crippen molar-refractivity contribution in [3.05, 3.63) is 0 Å². The van der Waals surface area contributed by atoms with Crippen molar-refractivity contribution in [1.29, 1.82) is 0 Å². The molecule has 0 aromatic heterocycles. The van der Waals surface area contributed by atoms with E-state index in [-0.39, 0.29) is 29.9 Å². The van der Waals surface area contributed by atoms with Crippen LogP contribution in [0.1, 0.15) is 47.5 Å². The summed E-state index contributed by atoms with van der Waals surface area (Å²) >= 11 is 0. The van der Waals surface area contributed by atoms with Gasteiger partial charge in [-0.05, 0) is 34.1 Å². The first-order valence-corrected chi connectivity index (χ1v) is 6.69. The monoisotopic (exact) mass is 257 g/mol. The van der Waals surface area contributed by atoms with Crippen molar-refractivity contribution in [2.45, 2.75) is 65.6 Å². The Morgan fingerprint density at radius 1 is 1.06 bits per heavy atom. The molecule has 0 saturated carbocycles. The molecule has 0 aliphatic carbocycles. The molecule has 0 aliphatic heterocycles. The topological polar surface area (TPSA) is 70.2 Å². The van der Waals surface area contributed by atoms with Crippen LogP contribution in [-0.4, -0.2) is 36.5 Å². The van der Waals surface area contributed by atoms with Gasteiger partial charge in [-0.1, -0.05) is 6.92 Å². The Balaban J connectivity index is 3.79.